The normalized spacial score (nSPS) is 11.2. The molecule has 0 saturated carbocycles. The summed E-state index contributed by atoms with van der Waals surface area (Å²) in [6, 6.07) is 14.7. The van der Waals surface area contributed by atoms with Gasteiger partial charge in [-0.15, -0.1) is 0 Å². The van der Waals surface area contributed by atoms with Gasteiger partial charge in [-0.2, -0.15) is 5.10 Å². The molecule has 2 aromatic heterocycles. The van der Waals surface area contributed by atoms with E-state index in [4.69, 9.17) is 0 Å². The first kappa shape index (κ1) is 13.6. The molecule has 1 aromatic carbocycles. The maximum Gasteiger partial charge on any atom is 0.0711 e. The first-order valence-electron chi connectivity index (χ1n) is 7.11. The maximum atomic E-state index is 4.36. The van der Waals surface area contributed by atoms with E-state index in [2.05, 4.69) is 59.7 Å². The fourth-order valence-corrected chi connectivity index (χ4v) is 2.47. The third-order valence-corrected chi connectivity index (χ3v) is 3.42. The molecule has 3 rings (SSSR count). The van der Waals surface area contributed by atoms with Crippen molar-refractivity contribution < 1.29 is 0 Å². The summed E-state index contributed by atoms with van der Waals surface area (Å²) in [5.41, 5.74) is 4.80. The van der Waals surface area contributed by atoms with Gasteiger partial charge in [-0.1, -0.05) is 18.2 Å². The molecule has 0 fully saturated rings. The Morgan fingerprint density at radius 1 is 1.14 bits per heavy atom. The van der Waals surface area contributed by atoms with Crippen molar-refractivity contribution in [3.8, 4) is 0 Å². The average Bonchev–Trinajstić information content (AvgIpc) is 2.88. The SMILES string of the molecule is CN(C)Cc1cccc(NCc2cnn3ccccc23)c1. The van der Waals surface area contributed by atoms with E-state index in [0.29, 0.717) is 0 Å². The number of aromatic nitrogens is 2. The first-order chi connectivity index (χ1) is 10.2. The summed E-state index contributed by atoms with van der Waals surface area (Å²) < 4.78 is 1.90. The molecule has 21 heavy (non-hydrogen) atoms. The van der Waals surface area contributed by atoms with Gasteiger partial charge >= 0.3 is 0 Å². The summed E-state index contributed by atoms with van der Waals surface area (Å²) in [7, 11) is 4.16. The van der Waals surface area contributed by atoms with Crippen LogP contribution in [-0.4, -0.2) is 28.6 Å². The minimum Gasteiger partial charge on any atom is -0.381 e. The molecule has 0 aliphatic rings. The lowest BCUT2D eigenvalue weighted by atomic mass is 10.2. The fourth-order valence-electron chi connectivity index (χ4n) is 2.47. The molecule has 4 nitrogen and oxygen atoms in total. The number of hydrogen-bond donors (Lipinski definition) is 1. The number of rotatable bonds is 5. The second-order valence-electron chi connectivity index (χ2n) is 5.49. The summed E-state index contributed by atoms with van der Waals surface area (Å²) in [5.74, 6) is 0. The quantitative estimate of drug-likeness (QED) is 0.780. The van der Waals surface area contributed by atoms with Crippen molar-refractivity contribution in [2.45, 2.75) is 13.1 Å². The molecule has 0 saturated heterocycles. The molecule has 1 N–H and O–H groups in total. The second-order valence-corrected chi connectivity index (χ2v) is 5.49. The van der Waals surface area contributed by atoms with Gasteiger partial charge in [0, 0.05) is 30.5 Å². The molecule has 0 amide bonds. The number of benzene rings is 1. The van der Waals surface area contributed by atoms with Crippen LogP contribution in [-0.2, 0) is 13.1 Å². The second kappa shape index (κ2) is 5.97. The number of fused-ring (bicyclic) bond motifs is 1. The molecule has 0 aliphatic heterocycles. The number of nitrogens with one attached hydrogen (secondary N) is 1. The minimum atomic E-state index is 0.777. The Kier molecular flexibility index (Phi) is 3.88. The van der Waals surface area contributed by atoms with E-state index in [1.54, 1.807) is 0 Å². The zero-order valence-electron chi connectivity index (χ0n) is 12.5. The van der Waals surface area contributed by atoms with Gasteiger partial charge in [-0.05, 0) is 43.9 Å². The highest BCUT2D eigenvalue weighted by Crippen LogP contribution is 2.15. The predicted octanol–water partition coefficient (Wildman–Crippen LogP) is 3.01. The van der Waals surface area contributed by atoms with Crippen molar-refractivity contribution in [3.05, 3.63) is 66.0 Å². The zero-order chi connectivity index (χ0) is 14.7. The monoisotopic (exact) mass is 280 g/mol. The van der Waals surface area contributed by atoms with Crippen LogP contribution in [0, 0.1) is 0 Å². The van der Waals surface area contributed by atoms with E-state index >= 15 is 0 Å². The molecule has 108 valence electrons. The highest BCUT2D eigenvalue weighted by Gasteiger charge is 2.03. The van der Waals surface area contributed by atoms with Gasteiger partial charge in [0.2, 0.25) is 0 Å². The van der Waals surface area contributed by atoms with E-state index < -0.39 is 0 Å². The lowest BCUT2D eigenvalue weighted by Crippen LogP contribution is -2.10. The fraction of sp³-hybridized carbons (Fsp3) is 0.235. The molecule has 0 bridgehead atoms. The Hall–Kier alpha value is -2.33. The number of anilines is 1. The molecule has 4 heteroatoms. The Morgan fingerprint density at radius 3 is 2.90 bits per heavy atom. The summed E-state index contributed by atoms with van der Waals surface area (Å²) >= 11 is 0. The smallest absolute Gasteiger partial charge is 0.0711 e. The van der Waals surface area contributed by atoms with Gasteiger partial charge in [0.05, 0.1) is 11.7 Å². The van der Waals surface area contributed by atoms with Crippen LogP contribution in [0.5, 0.6) is 0 Å². The number of nitrogens with zero attached hydrogens (tertiary/aromatic N) is 3. The standard InChI is InChI=1S/C17H20N4/c1-20(2)13-14-6-5-7-16(10-14)18-11-15-12-19-21-9-4-3-8-17(15)21/h3-10,12,18H,11,13H2,1-2H3. The molecule has 0 aliphatic carbocycles. The topological polar surface area (TPSA) is 32.6 Å². The van der Waals surface area contributed by atoms with E-state index in [1.165, 1.54) is 11.1 Å². The van der Waals surface area contributed by atoms with Crippen LogP contribution in [0.25, 0.3) is 5.52 Å². The Morgan fingerprint density at radius 2 is 2.05 bits per heavy atom. The van der Waals surface area contributed by atoms with Crippen molar-refractivity contribution in [3.63, 3.8) is 0 Å². The predicted molar refractivity (Wildman–Crippen MR) is 86.4 cm³/mol. The van der Waals surface area contributed by atoms with Crippen LogP contribution in [0.1, 0.15) is 11.1 Å². The van der Waals surface area contributed by atoms with Gasteiger partial charge in [-0.3, -0.25) is 0 Å². The Labute approximate surface area is 125 Å². The minimum absolute atomic E-state index is 0.777. The average molecular weight is 280 g/mol. The van der Waals surface area contributed by atoms with Crippen LogP contribution in [0.2, 0.25) is 0 Å². The van der Waals surface area contributed by atoms with Crippen molar-refractivity contribution in [2.24, 2.45) is 0 Å². The number of pyridine rings is 1. The Bertz CT molecular complexity index is 730. The van der Waals surface area contributed by atoms with Crippen LogP contribution < -0.4 is 5.32 Å². The molecule has 0 radical (unpaired) electrons. The summed E-state index contributed by atoms with van der Waals surface area (Å²) in [6.45, 7) is 1.73. The van der Waals surface area contributed by atoms with Crippen LogP contribution >= 0.6 is 0 Å². The van der Waals surface area contributed by atoms with Crippen LogP contribution in [0.4, 0.5) is 5.69 Å². The summed E-state index contributed by atoms with van der Waals surface area (Å²) in [6.07, 6.45) is 3.89. The van der Waals surface area contributed by atoms with Crippen molar-refractivity contribution in [2.75, 3.05) is 19.4 Å². The van der Waals surface area contributed by atoms with Gasteiger partial charge in [0.25, 0.3) is 0 Å². The van der Waals surface area contributed by atoms with E-state index in [-0.39, 0.29) is 0 Å². The van der Waals surface area contributed by atoms with Crippen molar-refractivity contribution in [1.82, 2.24) is 14.5 Å². The third-order valence-electron chi connectivity index (χ3n) is 3.42. The molecule has 0 spiro atoms. The van der Waals surface area contributed by atoms with Crippen molar-refractivity contribution in [1.29, 1.82) is 0 Å². The van der Waals surface area contributed by atoms with Gasteiger partial charge in [-0.25, -0.2) is 4.52 Å². The first-order valence-corrected chi connectivity index (χ1v) is 7.11. The van der Waals surface area contributed by atoms with Crippen LogP contribution in [0.3, 0.4) is 0 Å². The lowest BCUT2D eigenvalue weighted by Gasteiger charge is -2.11. The van der Waals surface area contributed by atoms with E-state index in [0.717, 1.165) is 24.3 Å². The van der Waals surface area contributed by atoms with Crippen molar-refractivity contribution >= 4 is 11.2 Å². The van der Waals surface area contributed by atoms with E-state index in [1.807, 2.05) is 29.0 Å². The number of hydrogen-bond acceptors (Lipinski definition) is 3. The molecule has 3 aromatic rings. The van der Waals surface area contributed by atoms with E-state index in [9.17, 15) is 0 Å². The maximum absolute atomic E-state index is 4.36. The van der Waals surface area contributed by atoms with Crippen LogP contribution in [0.15, 0.2) is 54.9 Å². The molecular weight excluding hydrogens is 260 g/mol. The molecule has 0 atom stereocenters. The third kappa shape index (κ3) is 3.23. The summed E-state index contributed by atoms with van der Waals surface area (Å²) in [5, 5.41) is 7.84. The molecule has 0 unspecified atom stereocenters. The highest BCUT2D eigenvalue weighted by atomic mass is 15.2. The highest BCUT2D eigenvalue weighted by molar-refractivity contribution is 5.55. The van der Waals surface area contributed by atoms with Gasteiger partial charge in [0.15, 0.2) is 0 Å². The molecular formula is C17H20N4. The van der Waals surface area contributed by atoms with Gasteiger partial charge in [0.1, 0.15) is 0 Å². The van der Waals surface area contributed by atoms with Gasteiger partial charge < -0.3 is 10.2 Å². The largest absolute Gasteiger partial charge is 0.381 e. The Balaban J connectivity index is 1.72. The molecule has 2 heterocycles. The zero-order valence-corrected chi connectivity index (χ0v) is 12.5. The summed E-state index contributed by atoms with van der Waals surface area (Å²) in [4.78, 5) is 2.17. The lowest BCUT2D eigenvalue weighted by molar-refractivity contribution is 0.402.